The fourth-order valence-corrected chi connectivity index (χ4v) is 2.86. The van der Waals surface area contributed by atoms with E-state index in [1.165, 1.54) is 12.5 Å². The Labute approximate surface area is 135 Å². The van der Waals surface area contributed by atoms with Crippen molar-refractivity contribution in [2.24, 2.45) is 5.41 Å². The van der Waals surface area contributed by atoms with Crippen molar-refractivity contribution in [2.45, 2.75) is 60.1 Å². The van der Waals surface area contributed by atoms with Gasteiger partial charge in [0.2, 0.25) is 5.82 Å². The first-order valence-corrected chi connectivity index (χ1v) is 7.82. The minimum absolute atomic E-state index is 0.0214. The van der Waals surface area contributed by atoms with Crippen molar-refractivity contribution in [3.05, 3.63) is 23.8 Å². The van der Waals surface area contributed by atoms with Gasteiger partial charge >= 0.3 is 6.61 Å². The van der Waals surface area contributed by atoms with E-state index < -0.39 is 24.0 Å². The Morgan fingerprint density at radius 3 is 2.26 bits per heavy atom. The smallest absolute Gasteiger partial charge is 0.387 e. The Hall–Kier alpha value is -1.46. The van der Waals surface area contributed by atoms with Gasteiger partial charge in [-0.05, 0) is 30.9 Å². The summed E-state index contributed by atoms with van der Waals surface area (Å²) >= 11 is 0. The zero-order valence-corrected chi connectivity index (χ0v) is 14.3. The number of hydrogen-bond donors (Lipinski definition) is 0. The molecule has 0 aromatic heterocycles. The number of halogens is 4. The van der Waals surface area contributed by atoms with Crippen LogP contribution in [-0.2, 0) is 0 Å². The molecule has 2 nitrogen and oxygen atoms in total. The van der Waals surface area contributed by atoms with Crippen molar-refractivity contribution in [1.82, 2.24) is 0 Å². The molecule has 1 aromatic rings. The van der Waals surface area contributed by atoms with Crippen LogP contribution in [0.2, 0.25) is 0 Å². The number of alkyl halides is 2. The monoisotopic (exact) mass is 335 g/mol. The fourth-order valence-electron chi connectivity index (χ4n) is 2.86. The molecule has 132 valence electrons. The largest absolute Gasteiger partial charge is 0.429 e. The molecule has 1 aromatic carbocycles. The van der Waals surface area contributed by atoms with E-state index in [-0.39, 0.29) is 17.1 Å². The van der Waals surface area contributed by atoms with Gasteiger partial charge in [0, 0.05) is 12.6 Å². The minimum atomic E-state index is -3.20. The summed E-state index contributed by atoms with van der Waals surface area (Å²) in [5, 5.41) is 0. The zero-order chi connectivity index (χ0) is 17.8. The van der Waals surface area contributed by atoms with E-state index in [0.717, 1.165) is 12.5 Å². The molecule has 1 heterocycles. The van der Waals surface area contributed by atoms with Crippen LogP contribution in [0.5, 0.6) is 5.75 Å². The lowest BCUT2D eigenvalue weighted by atomic mass is 9.91. The lowest BCUT2D eigenvalue weighted by molar-refractivity contribution is -0.0521. The highest BCUT2D eigenvalue weighted by Crippen LogP contribution is 2.42. The molecule has 1 saturated heterocycles. The number of hydrogen-bond acceptors (Lipinski definition) is 2. The van der Waals surface area contributed by atoms with Gasteiger partial charge in [-0.2, -0.15) is 13.2 Å². The van der Waals surface area contributed by atoms with Gasteiger partial charge in [-0.3, -0.25) is 0 Å². The minimum Gasteiger partial charge on any atom is -0.429 e. The SMILES string of the molecule is CC1CC(C)(C)CN1c1ccc(F)c(F)c1OC(F)F.CCC. The summed E-state index contributed by atoms with van der Waals surface area (Å²) in [6.07, 6.45) is 2.08. The summed E-state index contributed by atoms with van der Waals surface area (Å²) in [6, 6.07) is 2.25. The molecule has 1 aliphatic rings. The Bertz CT molecular complexity index is 520. The molecule has 0 saturated carbocycles. The van der Waals surface area contributed by atoms with Crippen molar-refractivity contribution in [3.8, 4) is 5.75 Å². The maximum absolute atomic E-state index is 13.7. The van der Waals surface area contributed by atoms with Crippen LogP contribution in [0.1, 0.15) is 47.5 Å². The molecule has 0 spiro atoms. The standard InChI is InChI=1S/C14H17F4NO.C3H8/c1-8-6-14(2,3)7-19(8)10-5-4-9(15)11(16)12(10)20-13(17)18;1-3-2/h4-5,8,13H,6-7H2,1-3H3;3H2,1-2H3. The third-order valence-electron chi connectivity index (χ3n) is 3.52. The average molecular weight is 335 g/mol. The van der Waals surface area contributed by atoms with Crippen molar-refractivity contribution >= 4 is 5.69 Å². The molecular weight excluding hydrogens is 310 g/mol. The number of rotatable bonds is 3. The van der Waals surface area contributed by atoms with Gasteiger partial charge in [-0.1, -0.05) is 34.1 Å². The molecule has 1 aliphatic heterocycles. The molecule has 0 amide bonds. The highest BCUT2D eigenvalue weighted by molar-refractivity contribution is 5.61. The number of anilines is 1. The lowest BCUT2D eigenvalue weighted by Gasteiger charge is -2.27. The van der Waals surface area contributed by atoms with Crippen LogP contribution < -0.4 is 9.64 Å². The molecule has 0 aliphatic carbocycles. The van der Waals surface area contributed by atoms with Crippen LogP contribution in [0.15, 0.2) is 12.1 Å². The first-order chi connectivity index (χ1) is 10.6. The van der Waals surface area contributed by atoms with E-state index >= 15 is 0 Å². The van der Waals surface area contributed by atoms with Gasteiger partial charge in [0.25, 0.3) is 0 Å². The van der Waals surface area contributed by atoms with Gasteiger partial charge in [-0.25, -0.2) is 4.39 Å². The third-order valence-corrected chi connectivity index (χ3v) is 3.52. The summed E-state index contributed by atoms with van der Waals surface area (Å²) in [5.74, 6) is -3.29. The Morgan fingerprint density at radius 2 is 1.83 bits per heavy atom. The normalized spacial score (nSPS) is 19.6. The molecule has 23 heavy (non-hydrogen) atoms. The molecule has 1 atom stereocenters. The van der Waals surface area contributed by atoms with Crippen LogP contribution in [0.3, 0.4) is 0 Å². The van der Waals surface area contributed by atoms with E-state index in [0.29, 0.717) is 6.54 Å². The maximum Gasteiger partial charge on any atom is 0.387 e. The molecule has 0 bridgehead atoms. The molecular formula is C17H25F4NO. The Morgan fingerprint density at radius 1 is 1.26 bits per heavy atom. The quantitative estimate of drug-likeness (QED) is 0.666. The lowest BCUT2D eigenvalue weighted by Crippen LogP contribution is -2.28. The first kappa shape index (κ1) is 19.6. The summed E-state index contributed by atoms with van der Waals surface area (Å²) < 4.78 is 56.0. The van der Waals surface area contributed by atoms with E-state index in [1.807, 2.05) is 20.8 Å². The van der Waals surface area contributed by atoms with Crippen molar-refractivity contribution in [3.63, 3.8) is 0 Å². The summed E-state index contributed by atoms with van der Waals surface area (Å²) in [7, 11) is 0. The summed E-state index contributed by atoms with van der Waals surface area (Å²) in [4.78, 5) is 1.78. The molecule has 1 fully saturated rings. The van der Waals surface area contributed by atoms with E-state index in [9.17, 15) is 17.6 Å². The van der Waals surface area contributed by atoms with E-state index in [4.69, 9.17) is 0 Å². The van der Waals surface area contributed by atoms with Gasteiger partial charge in [0.15, 0.2) is 11.6 Å². The predicted molar refractivity (Wildman–Crippen MR) is 84.2 cm³/mol. The van der Waals surface area contributed by atoms with E-state index in [1.54, 1.807) is 4.90 Å². The van der Waals surface area contributed by atoms with Crippen LogP contribution >= 0.6 is 0 Å². The first-order valence-electron chi connectivity index (χ1n) is 7.82. The zero-order valence-electron chi connectivity index (χ0n) is 14.3. The molecule has 1 unspecified atom stereocenters. The number of ether oxygens (including phenoxy) is 1. The molecule has 2 rings (SSSR count). The summed E-state index contributed by atoms with van der Waals surface area (Å²) in [6.45, 7) is 7.62. The second-order valence-electron chi connectivity index (χ2n) is 6.64. The topological polar surface area (TPSA) is 12.5 Å². The third kappa shape index (κ3) is 5.01. The van der Waals surface area contributed by atoms with Crippen LogP contribution in [0.4, 0.5) is 23.2 Å². The molecule has 0 N–H and O–H groups in total. The van der Waals surface area contributed by atoms with Crippen molar-refractivity contribution in [2.75, 3.05) is 11.4 Å². The number of nitrogens with zero attached hydrogens (tertiary/aromatic N) is 1. The van der Waals surface area contributed by atoms with Crippen LogP contribution in [-0.4, -0.2) is 19.2 Å². The predicted octanol–water partition coefficient (Wildman–Crippen LogP) is 5.61. The highest BCUT2D eigenvalue weighted by atomic mass is 19.3. The Kier molecular flexibility index (Phi) is 6.71. The maximum atomic E-state index is 13.7. The average Bonchev–Trinajstić information content (AvgIpc) is 2.69. The molecule has 6 heteroatoms. The second kappa shape index (κ2) is 7.88. The van der Waals surface area contributed by atoms with Crippen LogP contribution in [0.25, 0.3) is 0 Å². The molecule has 0 radical (unpaired) electrons. The Balaban J connectivity index is 0.000000816. The van der Waals surface area contributed by atoms with E-state index in [2.05, 4.69) is 18.6 Å². The second-order valence-corrected chi connectivity index (χ2v) is 6.64. The van der Waals surface area contributed by atoms with Crippen molar-refractivity contribution in [1.29, 1.82) is 0 Å². The van der Waals surface area contributed by atoms with Crippen molar-refractivity contribution < 1.29 is 22.3 Å². The number of benzene rings is 1. The van der Waals surface area contributed by atoms with Gasteiger partial charge < -0.3 is 9.64 Å². The van der Waals surface area contributed by atoms with Gasteiger partial charge in [-0.15, -0.1) is 0 Å². The van der Waals surface area contributed by atoms with Gasteiger partial charge in [0.05, 0.1) is 5.69 Å². The fraction of sp³-hybridized carbons (Fsp3) is 0.647. The van der Waals surface area contributed by atoms with Crippen LogP contribution in [0, 0.1) is 17.0 Å². The van der Waals surface area contributed by atoms with Gasteiger partial charge in [0.1, 0.15) is 0 Å². The highest BCUT2D eigenvalue weighted by Gasteiger charge is 2.37. The summed E-state index contributed by atoms with van der Waals surface area (Å²) in [5.41, 5.74) is 0.147.